The lowest BCUT2D eigenvalue weighted by atomic mass is 10.2. The summed E-state index contributed by atoms with van der Waals surface area (Å²) in [4.78, 5) is 0. The molecule has 2 nitrogen and oxygen atoms in total. The average molecular weight is 253 g/mol. The van der Waals surface area contributed by atoms with Gasteiger partial charge in [-0.3, -0.25) is 0 Å². The topological polar surface area (TPSA) is 21.3 Å². The van der Waals surface area contributed by atoms with E-state index in [0.717, 1.165) is 37.8 Å². The summed E-state index contributed by atoms with van der Waals surface area (Å²) in [6.07, 6.45) is 4.32. The first-order valence-electron chi connectivity index (χ1n) is 6.90. The zero-order valence-electron chi connectivity index (χ0n) is 11.5. The first-order chi connectivity index (χ1) is 8.79. The molecule has 0 spiro atoms. The predicted molar refractivity (Wildman–Crippen MR) is 73.4 cm³/mol. The Bertz CT molecular complexity index is 341. The van der Waals surface area contributed by atoms with E-state index in [0.29, 0.717) is 18.9 Å². The molecule has 0 fully saturated rings. The minimum absolute atomic E-state index is 0.262. The molecule has 0 amide bonds. The molecule has 0 aromatic heterocycles. The summed E-state index contributed by atoms with van der Waals surface area (Å²) in [5.41, 5.74) is 0.903. The Hall–Kier alpha value is -1.09. The molecule has 0 saturated heterocycles. The largest absolute Gasteiger partial charge is 0.490 e. The Labute approximate surface area is 110 Å². The molecule has 3 heteroatoms. The number of benzene rings is 1. The summed E-state index contributed by atoms with van der Waals surface area (Å²) < 4.78 is 19.3. The molecule has 0 radical (unpaired) electrons. The number of para-hydroxylation sites is 1. The van der Waals surface area contributed by atoms with Crippen LogP contribution in [0.15, 0.2) is 18.2 Å². The van der Waals surface area contributed by atoms with Gasteiger partial charge in [-0.1, -0.05) is 38.8 Å². The molecule has 1 aromatic carbocycles. The molecule has 0 bridgehead atoms. The van der Waals surface area contributed by atoms with Crippen LogP contribution in [0.5, 0.6) is 5.75 Å². The van der Waals surface area contributed by atoms with E-state index in [1.165, 1.54) is 6.07 Å². The summed E-state index contributed by atoms with van der Waals surface area (Å²) in [7, 11) is 0. The maximum absolute atomic E-state index is 13.7. The van der Waals surface area contributed by atoms with Crippen molar-refractivity contribution in [1.29, 1.82) is 0 Å². The van der Waals surface area contributed by atoms with Crippen LogP contribution in [0.2, 0.25) is 0 Å². The van der Waals surface area contributed by atoms with Crippen molar-refractivity contribution in [3.05, 3.63) is 29.6 Å². The van der Waals surface area contributed by atoms with Crippen molar-refractivity contribution in [3.8, 4) is 5.75 Å². The van der Waals surface area contributed by atoms with Crippen molar-refractivity contribution in [2.24, 2.45) is 0 Å². The van der Waals surface area contributed by atoms with Crippen LogP contribution in [-0.2, 0) is 6.54 Å². The molecule has 0 heterocycles. The van der Waals surface area contributed by atoms with Crippen molar-refractivity contribution in [3.63, 3.8) is 0 Å². The number of nitrogens with one attached hydrogen (secondary N) is 1. The van der Waals surface area contributed by atoms with Gasteiger partial charge >= 0.3 is 0 Å². The van der Waals surface area contributed by atoms with E-state index in [4.69, 9.17) is 4.74 Å². The fourth-order valence-electron chi connectivity index (χ4n) is 1.78. The van der Waals surface area contributed by atoms with E-state index in [2.05, 4.69) is 19.2 Å². The third-order valence-corrected chi connectivity index (χ3v) is 2.79. The second-order valence-corrected chi connectivity index (χ2v) is 4.46. The predicted octanol–water partition coefficient (Wildman–Crippen LogP) is 3.89. The normalized spacial score (nSPS) is 10.6. The van der Waals surface area contributed by atoms with E-state index in [9.17, 15) is 4.39 Å². The molecule has 18 heavy (non-hydrogen) atoms. The van der Waals surface area contributed by atoms with Gasteiger partial charge in [-0.05, 0) is 25.5 Å². The van der Waals surface area contributed by atoms with Crippen LogP contribution < -0.4 is 10.1 Å². The Balaban J connectivity index is 2.56. The van der Waals surface area contributed by atoms with Gasteiger partial charge in [-0.2, -0.15) is 0 Å². The fourth-order valence-corrected chi connectivity index (χ4v) is 1.78. The monoisotopic (exact) mass is 253 g/mol. The van der Waals surface area contributed by atoms with Crippen molar-refractivity contribution in [1.82, 2.24) is 5.32 Å². The zero-order chi connectivity index (χ0) is 13.2. The van der Waals surface area contributed by atoms with E-state index in [-0.39, 0.29) is 5.82 Å². The molecule has 0 saturated carbocycles. The molecule has 0 aliphatic carbocycles. The Morgan fingerprint density at radius 1 is 1.17 bits per heavy atom. The van der Waals surface area contributed by atoms with Gasteiger partial charge in [0.2, 0.25) is 0 Å². The maximum atomic E-state index is 13.7. The number of hydrogen-bond donors (Lipinski definition) is 1. The number of rotatable bonds is 9. The van der Waals surface area contributed by atoms with E-state index in [1.54, 1.807) is 6.07 Å². The van der Waals surface area contributed by atoms with Gasteiger partial charge in [0.15, 0.2) is 11.6 Å². The van der Waals surface area contributed by atoms with Crippen molar-refractivity contribution < 1.29 is 9.13 Å². The summed E-state index contributed by atoms with van der Waals surface area (Å²) >= 11 is 0. The number of halogens is 1. The van der Waals surface area contributed by atoms with Crippen LogP contribution in [0.1, 0.15) is 45.1 Å². The lowest BCUT2D eigenvalue weighted by Gasteiger charge is -2.12. The van der Waals surface area contributed by atoms with Gasteiger partial charge < -0.3 is 10.1 Å². The minimum Gasteiger partial charge on any atom is -0.490 e. The highest BCUT2D eigenvalue weighted by Gasteiger charge is 2.09. The van der Waals surface area contributed by atoms with Crippen LogP contribution in [-0.4, -0.2) is 13.2 Å². The van der Waals surface area contributed by atoms with E-state index >= 15 is 0 Å². The second-order valence-electron chi connectivity index (χ2n) is 4.46. The van der Waals surface area contributed by atoms with Gasteiger partial charge in [0, 0.05) is 12.1 Å². The number of unbranched alkanes of at least 4 members (excludes halogenated alkanes) is 2. The first-order valence-corrected chi connectivity index (χ1v) is 6.90. The van der Waals surface area contributed by atoms with Crippen LogP contribution in [0.4, 0.5) is 4.39 Å². The van der Waals surface area contributed by atoms with Crippen molar-refractivity contribution >= 4 is 0 Å². The smallest absolute Gasteiger partial charge is 0.165 e. The van der Waals surface area contributed by atoms with Crippen LogP contribution in [0, 0.1) is 5.82 Å². The zero-order valence-corrected chi connectivity index (χ0v) is 11.5. The molecule has 102 valence electrons. The summed E-state index contributed by atoms with van der Waals surface area (Å²) in [6.45, 7) is 6.44. The molecule has 1 rings (SSSR count). The van der Waals surface area contributed by atoms with Crippen molar-refractivity contribution in [2.45, 2.75) is 46.1 Å². The second kappa shape index (κ2) is 8.92. The molecular formula is C15H24FNO. The SMILES string of the molecule is CCCCCOc1c(F)cccc1CNCCC. The summed E-state index contributed by atoms with van der Waals surface area (Å²) in [5, 5.41) is 3.27. The summed E-state index contributed by atoms with van der Waals surface area (Å²) in [6, 6.07) is 5.11. The molecule has 1 aromatic rings. The Morgan fingerprint density at radius 2 is 2.00 bits per heavy atom. The minimum atomic E-state index is -0.262. The maximum Gasteiger partial charge on any atom is 0.165 e. The third-order valence-electron chi connectivity index (χ3n) is 2.79. The van der Waals surface area contributed by atoms with Gasteiger partial charge in [0.1, 0.15) is 0 Å². The van der Waals surface area contributed by atoms with E-state index < -0.39 is 0 Å². The highest BCUT2D eigenvalue weighted by molar-refractivity contribution is 5.34. The number of ether oxygens (including phenoxy) is 1. The first kappa shape index (κ1) is 15.0. The molecule has 0 aliphatic rings. The van der Waals surface area contributed by atoms with Gasteiger partial charge in [-0.15, -0.1) is 0 Å². The highest BCUT2D eigenvalue weighted by atomic mass is 19.1. The van der Waals surface area contributed by atoms with Crippen LogP contribution in [0.25, 0.3) is 0 Å². The molecule has 0 aliphatic heterocycles. The molecule has 1 N–H and O–H groups in total. The van der Waals surface area contributed by atoms with Gasteiger partial charge in [-0.25, -0.2) is 4.39 Å². The van der Waals surface area contributed by atoms with Crippen LogP contribution in [0.3, 0.4) is 0 Å². The van der Waals surface area contributed by atoms with Crippen molar-refractivity contribution in [2.75, 3.05) is 13.2 Å². The molecular weight excluding hydrogens is 229 g/mol. The summed E-state index contributed by atoms with van der Waals surface area (Å²) in [5.74, 6) is 0.152. The van der Waals surface area contributed by atoms with Crippen LogP contribution >= 0.6 is 0 Å². The van der Waals surface area contributed by atoms with Gasteiger partial charge in [0.05, 0.1) is 6.61 Å². The highest BCUT2D eigenvalue weighted by Crippen LogP contribution is 2.23. The standard InChI is InChI=1S/C15H24FNO/c1-3-5-6-11-18-15-13(12-17-10-4-2)8-7-9-14(15)16/h7-9,17H,3-6,10-12H2,1-2H3. The van der Waals surface area contributed by atoms with Gasteiger partial charge in [0.25, 0.3) is 0 Å². The molecule has 0 unspecified atom stereocenters. The third kappa shape index (κ3) is 5.05. The Kier molecular flexibility index (Phi) is 7.42. The fraction of sp³-hybridized carbons (Fsp3) is 0.600. The number of hydrogen-bond acceptors (Lipinski definition) is 2. The lowest BCUT2D eigenvalue weighted by Crippen LogP contribution is -2.15. The average Bonchev–Trinajstić information content (AvgIpc) is 2.37. The quantitative estimate of drug-likeness (QED) is 0.674. The van der Waals surface area contributed by atoms with E-state index in [1.807, 2.05) is 6.07 Å². The lowest BCUT2D eigenvalue weighted by molar-refractivity contribution is 0.287. The Morgan fingerprint density at radius 3 is 2.72 bits per heavy atom. The molecule has 0 atom stereocenters.